The standard InChI is InChI=1S/C22H29N5O/c1-15-18(8-9-21(28)26-12-10-17(11-13-26)14-23-3)16(2)27-22(24-15)19-6-4-5-7-20(19)25-27/h4-7,17,23H,8-14H2,1-3H3. The minimum Gasteiger partial charge on any atom is -0.343 e. The number of aryl methyl sites for hydroxylation is 2. The highest BCUT2D eigenvalue weighted by Crippen LogP contribution is 2.23. The summed E-state index contributed by atoms with van der Waals surface area (Å²) in [5.41, 5.74) is 5.07. The first-order chi connectivity index (χ1) is 13.6. The van der Waals surface area contributed by atoms with Gasteiger partial charge in [-0.25, -0.2) is 9.50 Å². The summed E-state index contributed by atoms with van der Waals surface area (Å²) in [6.45, 7) is 6.93. The Balaban J connectivity index is 1.49. The Hall–Kier alpha value is -2.47. The first-order valence-electron chi connectivity index (χ1n) is 10.2. The maximum Gasteiger partial charge on any atom is 0.222 e. The number of aromatic nitrogens is 3. The predicted molar refractivity (Wildman–Crippen MR) is 112 cm³/mol. The van der Waals surface area contributed by atoms with Gasteiger partial charge in [-0.05, 0) is 70.3 Å². The topological polar surface area (TPSA) is 62.5 Å². The second-order valence-electron chi connectivity index (χ2n) is 7.90. The van der Waals surface area contributed by atoms with Gasteiger partial charge in [0.2, 0.25) is 5.91 Å². The molecule has 6 nitrogen and oxygen atoms in total. The Kier molecular flexibility index (Phi) is 5.31. The van der Waals surface area contributed by atoms with Gasteiger partial charge in [-0.2, -0.15) is 5.10 Å². The fourth-order valence-corrected chi connectivity index (χ4v) is 4.40. The third-order valence-corrected chi connectivity index (χ3v) is 6.07. The second-order valence-corrected chi connectivity index (χ2v) is 7.90. The van der Waals surface area contributed by atoms with Crippen molar-refractivity contribution in [3.8, 4) is 0 Å². The molecule has 3 heterocycles. The Morgan fingerprint density at radius 1 is 1.21 bits per heavy atom. The van der Waals surface area contributed by atoms with Crippen LogP contribution in [0.2, 0.25) is 0 Å². The third-order valence-electron chi connectivity index (χ3n) is 6.07. The van der Waals surface area contributed by atoms with Gasteiger partial charge in [-0.1, -0.05) is 12.1 Å². The maximum atomic E-state index is 12.7. The Bertz CT molecular complexity index is 1000. The van der Waals surface area contributed by atoms with E-state index >= 15 is 0 Å². The number of rotatable bonds is 5. The number of amides is 1. The zero-order chi connectivity index (χ0) is 19.7. The number of piperidine rings is 1. The molecule has 1 saturated heterocycles. The number of nitrogens with one attached hydrogen (secondary N) is 1. The number of carbonyl (C=O) groups excluding carboxylic acids is 1. The highest BCUT2D eigenvalue weighted by molar-refractivity contribution is 5.92. The molecule has 6 heteroatoms. The predicted octanol–water partition coefficient (Wildman–Crippen LogP) is 2.89. The lowest BCUT2D eigenvalue weighted by Crippen LogP contribution is -2.40. The fourth-order valence-electron chi connectivity index (χ4n) is 4.40. The lowest BCUT2D eigenvalue weighted by atomic mass is 9.96. The van der Waals surface area contributed by atoms with E-state index in [1.807, 2.05) is 41.6 Å². The first kappa shape index (κ1) is 18.9. The van der Waals surface area contributed by atoms with E-state index in [1.165, 1.54) is 0 Å². The number of fused-ring (bicyclic) bond motifs is 3. The van der Waals surface area contributed by atoms with Gasteiger partial charge in [0.15, 0.2) is 5.65 Å². The highest BCUT2D eigenvalue weighted by Gasteiger charge is 2.23. The summed E-state index contributed by atoms with van der Waals surface area (Å²) in [5, 5.41) is 9.03. The summed E-state index contributed by atoms with van der Waals surface area (Å²) in [5.74, 6) is 0.950. The van der Waals surface area contributed by atoms with Crippen LogP contribution in [0.5, 0.6) is 0 Å². The molecule has 0 radical (unpaired) electrons. The van der Waals surface area contributed by atoms with Gasteiger partial charge < -0.3 is 10.2 Å². The van der Waals surface area contributed by atoms with Gasteiger partial charge >= 0.3 is 0 Å². The zero-order valence-corrected chi connectivity index (χ0v) is 17.0. The molecule has 1 aliphatic rings. The molecule has 4 rings (SSSR count). The van der Waals surface area contributed by atoms with E-state index < -0.39 is 0 Å². The van der Waals surface area contributed by atoms with Crippen molar-refractivity contribution in [2.75, 3.05) is 26.7 Å². The fraction of sp³-hybridized carbons (Fsp3) is 0.500. The molecule has 1 aromatic carbocycles. The minimum atomic E-state index is 0.257. The molecule has 0 atom stereocenters. The lowest BCUT2D eigenvalue weighted by molar-refractivity contribution is -0.132. The van der Waals surface area contributed by atoms with Crippen LogP contribution in [0.15, 0.2) is 24.3 Å². The number of benzene rings is 1. The summed E-state index contributed by atoms with van der Waals surface area (Å²) in [7, 11) is 2.00. The average Bonchev–Trinajstić information content (AvgIpc) is 3.07. The van der Waals surface area contributed by atoms with Gasteiger partial charge in [-0.3, -0.25) is 4.79 Å². The average molecular weight is 380 g/mol. The number of carbonyl (C=O) groups is 1. The van der Waals surface area contributed by atoms with E-state index in [0.717, 1.165) is 66.0 Å². The molecule has 28 heavy (non-hydrogen) atoms. The van der Waals surface area contributed by atoms with Crippen molar-refractivity contribution < 1.29 is 4.79 Å². The van der Waals surface area contributed by atoms with E-state index in [4.69, 9.17) is 10.1 Å². The zero-order valence-electron chi connectivity index (χ0n) is 17.0. The molecule has 0 saturated carbocycles. The van der Waals surface area contributed by atoms with Crippen LogP contribution < -0.4 is 5.32 Å². The van der Waals surface area contributed by atoms with Crippen LogP contribution in [-0.4, -0.2) is 52.1 Å². The number of hydrogen-bond acceptors (Lipinski definition) is 4. The van der Waals surface area contributed by atoms with Crippen LogP contribution in [0.4, 0.5) is 0 Å². The molecule has 0 aliphatic carbocycles. The van der Waals surface area contributed by atoms with Crippen LogP contribution in [0.25, 0.3) is 16.6 Å². The molecule has 1 fully saturated rings. The van der Waals surface area contributed by atoms with Crippen molar-refractivity contribution >= 4 is 22.5 Å². The Labute approximate surface area is 165 Å². The largest absolute Gasteiger partial charge is 0.343 e. The Morgan fingerprint density at radius 2 is 1.96 bits per heavy atom. The smallest absolute Gasteiger partial charge is 0.222 e. The molecule has 0 bridgehead atoms. The third kappa shape index (κ3) is 3.49. The quantitative estimate of drug-likeness (QED) is 0.740. The number of nitrogens with zero attached hydrogens (tertiary/aromatic N) is 4. The molecule has 0 spiro atoms. The SMILES string of the molecule is CNCC1CCN(C(=O)CCc2c(C)nc3c4ccccc4nn3c2C)CC1. The van der Waals surface area contributed by atoms with Crippen LogP contribution in [0, 0.1) is 19.8 Å². The number of hydrogen-bond donors (Lipinski definition) is 1. The summed E-state index contributed by atoms with van der Waals surface area (Å²) in [4.78, 5) is 19.6. The molecular formula is C22H29N5O. The van der Waals surface area contributed by atoms with E-state index in [9.17, 15) is 4.79 Å². The van der Waals surface area contributed by atoms with Crippen LogP contribution in [0.3, 0.4) is 0 Å². The van der Waals surface area contributed by atoms with Gasteiger partial charge in [0.1, 0.15) is 0 Å². The normalized spacial score (nSPS) is 15.6. The van der Waals surface area contributed by atoms with Crippen LogP contribution in [0.1, 0.15) is 36.2 Å². The minimum absolute atomic E-state index is 0.257. The van der Waals surface area contributed by atoms with Gasteiger partial charge in [-0.15, -0.1) is 0 Å². The van der Waals surface area contributed by atoms with E-state index in [0.29, 0.717) is 18.8 Å². The van der Waals surface area contributed by atoms with E-state index in [2.05, 4.69) is 18.3 Å². The van der Waals surface area contributed by atoms with E-state index in [-0.39, 0.29) is 5.91 Å². The van der Waals surface area contributed by atoms with Gasteiger partial charge in [0, 0.05) is 36.3 Å². The molecule has 1 amide bonds. The molecule has 148 valence electrons. The van der Waals surface area contributed by atoms with Crippen LogP contribution in [-0.2, 0) is 11.2 Å². The molecule has 3 aromatic rings. The second kappa shape index (κ2) is 7.87. The first-order valence-corrected chi connectivity index (χ1v) is 10.2. The Morgan fingerprint density at radius 3 is 2.71 bits per heavy atom. The van der Waals surface area contributed by atoms with Crippen molar-refractivity contribution in [2.45, 2.75) is 39.5 Å². The maximum absolute atomic E-state index is 12.7. The highest BCUT2D eigenvalue weighted by atomic mass is 16.2. The monoisotopic (exact) mass is 379 g/mol. The van der Waals surface area contributed by atoms with Crippen molar-refractivity contribution in [3.05, 3.63) is 41.2 Å². The lowest BCUT2D eigenvalue weighted by Gasteiger charge is -2.32. The van der Waals surface area contributed by atoms with Crippen molar-refractivity contribution in [1.29, 1.82) is 0 Å². The number of likely N-dealkylation sites (tertiary alicyclic amines) is 1. The molecule has 2 aromatic heterocycles. The van der Waals surface area contributed by atoms with Crippen molar-refractivity contribution in [2.24, 2.45) is 5.92 Å². The van der Waals surface area contributed by atoms with Gasteiger partial charge in [0.05, 0.1) is 5.52 Å². The van der Waals surface area contributed by atoms with Crippen molar-refractivity contribution in [3.63, 3.8) is 0 Å². The molecule has 1 N–H and O–H groups in total. The van der Waals surface area contributed by atoms with Crippen molar-refractivity contribution in [1.82, 2.24) is 24.8 Å². The van der Waals surface area contributed by atoms with Crippen LogP contribution >= 0.6 is 0 Å². The summed E-state index contributed by atoms with van der Waals surface area (Å²) >= 11 is 0. The van der Waals surface area contributed by atoms with E-state index in [1.54, 1.807) is 0 Å². The molecular weight excluding hydrogens is 350 g/mol. The summed E-state index contributed by atoms with van der Waals surface area (Å²) < 4.78 is 1.93. The molecule has 1 aliphatic heterocycles. The van der Waals surface area contributed by atoms with Gasteiger partial charge in [0.25, 0.3) is 0 Å². The summed E-state index contributed by atoms with van der Waals surface area (Å²) in [6, 6.07) is 8.09. The molecule has 0 unspecified atom stereocenters. The summed E-state index contributed by atoms with van der Waals surface area (Å²) in [6.07, 6.45) is 3.44.